The third-order valence-electron chi connectivity index (χ3n) is 3.99. The molecule has 20 heavy (non-hydrogen) atoms. The molecular formula is C16H24N2O2. The van der Waals surface area contributed by atoms with Gasteiger partial charge in [0, 0.05) is 13.1 Å². The zero-order valence-corrected chi connectivity index (χ0v) is 12.2. The highest BCUT2D eigenvalue weighted by Crippen LogP contribution is 2.32. The van der Waals surface area contributed by atoms with Crippen LogP contribution in [-0.2, 0) is 11.3 Å². The number of nitrogens with zero attached hydrogens (tertiary/aromatic N) is 1. The zero-order valence-electron chi connectivity index (χ0n) is 12.2. The third kappa shape index (κ3) is 4.32. The van der Waals surface area contributed by atoms with Crippen molar-refractivity contribution in [3.63, 3.8) is 0 Å². The van der Waals surface area contributed by atoms with E-state index in [1.165, 1.54) is 0 Å². The Morgan fingerprint density at radius 2 is 2.05 bits per heavy atom. The lowest BCUT2D eigenvalue weighted by Crippen LogP contribution is -2.45. The van der Waals surface area contributed by atoms with Gasteiger partial charge in [-0.1, -0.05) is 30.3 Å². The largest absolute Gasteiger partial charge is 0.392 e. The minimum Gasteiger partial charge on any atom is -0.392 e. The smallest absolute Gasteiger partial charge is 0.237 e. The Hall–Kier alpha value is -1.39. The summed E-state index contributed by atoms with van der Waals surface area (Å²) in [6.45, 7) is 2.98. The molecule has 0 spiro atoms. The number of carbonyl (C=O) groups is 1. The molecule has 4 heteroatoms. The summed E-state index contributed by atoms with van der Waals surface area (Å²) < 4.78 is 0. The van der Waals surface area contributed by atoms with Gasteiger partial charge in [0.25, 0.3) is 0 Å². The van der Waals surface area contributed by atoms with Crippen LogP contribution in [0.15, 0.2) is 30.3 Å². The molecule has 0 radical (unpaired) electrons. The number of hydrogen-bond donors (Lipinski definition) is 2. The van der Waals surface area contributed by atoms with E-state index in [1.807, 2.05) is 49.2 Å². The molecule has 0 aromatic heterocycles. The van der Waals surface area contributed by atoms with Gasteiger partial charge in [-0.3, -0.25) is 9.69 Å². The summed E-state index contributed by atoms with van der Waals surface area (Å²) in [5.41, 5.74) is 1.09. The Kier molecular flexibility index (Phi) is 5.15. The van der Waals surface area contributed by atoms with Crippen molar-refractivity contribution in [3.8, 4) is 0 Å². The second kappa shape index (κ2) is 6.86. The summed E-state index contributed by atoms with van der Waals surface area (Å²) in [6.07, 6.45) is 1.93. The fraction of sp³-hybridized carbons (Fsp3) is 0.562. The predicted molar refractivity (Wildman–Crippen MR) is 79.1 cm³/mol. The quantitative estimate of drug-likeness (QED) is 0.791. The molecule has 2 N–H and O–H groups in total. The van der Waals surface area contributed by atoms with Crippen molar-refractivity contribution in [3.05, 3.63) is 35.9 Å². The molecule has 0 heterocycles. The van der Waals surface area contributed by atoms with Gasteiger partial charge >= 0.3 is 0 Å². The maximum Gasteiger partial charge on any atom is 0.237 e. The summed E-state index contributed by atoms with van der Waals surface area (Å²) in [7, 11) is 1.89. The first-order valence-corrected chi connectivity index (χ1v) is 7.28. The Bertz CT molecular complexity index is 431. The minimum absolute atomic E-state index is 0.000602. The Morgan fingerprint density at radius 1 is 1.40 bits per heavy atom. The van der Waals surface area contributed by atoms with E-state index in [0.29, 0.717) is 19.0 Å². The number of nitrogens with one attached hydrogen (secondary N) is 1. The van der Waals surface area contributed by atoms with Crippen molar-refractivity contribution in [1.29, 1.82) is 0 Å². The van der Waals surface area contributed by atoms with Crippen LogP contribution in [0.4, 0.5) is 0 Å². The molecule has 2 unspecified atom stereocenters. The number of hydrogen-bond acceptors (Lipinski definition) is 3. The summed E-state index contributed by atoms with van der Waals surface area (Å²) in [4.78, 5) is 14.0. The van der Waals surface area contributed by atoms with Gasteiger partial charge < -0.3 is 10.4 Å². The minimum atomic E-state index is -0.302. The summed E-state index contributed by atoms with van der Waals surface area (Å²) >= 11 is 0. The van der Waals surface area contributed by atoms with Crippen LogP contribution in [-0.4, -0.2) is 41.7 Å². The van der Waals surface area contributed by atoms with Crippen LogP contribution in [0, 0.1) is 5.92 Å². The molecule has 1 aliphatic rings. The average molecular weight is 276 g/mol. The standard InChI is InChI=1S/C16H24N2O2/c1-12(18(2)11-15(19)14-8-9-14)16(20)17-10-13-6-4-3-5-7-13/h3-7,12,14-15,19H,8-11H2,1-2H3,(H,17,20). The topological polar surface area (TPSA) is 52.6 Å². The Balaban J connectivity index is 1.75. The first kappa shape index (κ1) is 15.0. The normalized spacial score (nSPS) is 17.8. The Morgan fingerprint density at radius 3 is 2.65 bits per heavy atom. The number of aliphatic hydroxyl groups is 1. The molecule has 0 bridgehead atoms. The average Bonchev–Trinajstić information content (AvgIpc) is 3.29. The molecule has 1 amide bonds. The lowest BCUT2D eigenvalue weighted by Gasteiger charge is -2.26. The second-order valence-electron chi connectivity index (χ2n) is 5.72. The van der Waals surface area contributed by atoms with Crippen LogP contribution in [0.25, 0.3) is 0 Å². The number of rotatable bonds is 7. The number of amides is 1. The second-order valence-corrected chi connectivity index (χ2v) is 5.72. The summed E-state index contributed by atoms with van der Waals surface area (Å²) in [5, 5.41) is 12.9. The monoisotopic (exact) mass is 276 g/mol. The van der Waals surface area contributed by atoms with E-state index in [4.69, 9.17) is 0 Å². The molecule has 0 saturated heterocycles. The zero-order chi connectivity index (χ0) is 14.5. The van der Waals surface area contributed by atoms with Gasteiger partial charge in [0.05, 0.1) is 12.1 Å². The molecule has 110 valence electrons. The van der Waals surface area contributed by atoms with Crippen molar-refractivity contribution in [2.45, 2.75) is 38.5 Å². The third-order valence-corrected chi connectivity index (χ3v) is 3.99. The van der Waals surface area contributed by atoms with Crippen LogP contribution in [0.5, 0.6) is 0 Å². The molecule has 1 fully saturated rings. The lowest BCUT2D eigenvalue weighted by atomic mass is 10.2. The van der Waals surface area contributed by atoms with Gasteiger partial charge in [-0.15, -0.1) is 0 Å². The molecule has 2 atom stereocenters. The Labute approximate surface area is 120 Å². The first-order chi connectivity index (χ1) is 9.58. The van der Waals surface area contributed by atoms with Gasteiger partial charge in [-0.05, 0) is 38.3 Å². The fourth-order valence-electron chi connectivity index (χ4n) is 2.22. The van der Waals surface area contributed by atoms with Crippen LogP contribution < -0.4 is 5.32 Å². The van der Waals surface area contributed by atoms with Crippen molar-refractivity contribution < 1.29 is 9.90 Å². The molecule has 2 rings (SSSR count). The van der Waals surface area contributed by atoms with Crippen LogP contribution in [0.2, 0.25) is 0 Å². The number of likely N-dealkylation sites (N-methyl/N-ethyl adjacent to an activating group) is 1. The molecule has 0 aliphatic heterocycles. The van der Waals surface area contributed by atoms with Gasteiger partial charge in [0.2, 0.25) is 5.91 Å². The van der Waals surface area contributed by atoms with Gasteiger partial charge in [0.1, 0.15) is 0 Å². The maximum atomic E-state index is 12.1. The number of carbonyl (C=O) groups excluding carboxylic acids is 1. The van der Waals surface area contributed by atoms with E-state index in [0.717, 1.165) is 18.4 Å². The lowest BCUT2D eigenvalue weighted by molar-refractivity contribution is -0.126. The highest BCUT2D eigenvalue weighted by molar-refractivity contribution is 5.81. The fourth-order valence-corrected chi connectivity index (χ4v) is 2.22. The van der Waals surface area contributed by atoms with Crippen molar-refractivity contribution in [2.75, 3.05) is 13.6 Å². The van der Waals surface area contributed by atoms with Crippen LogP contribution in [0.1, 0.15) is 25.3 Å². The molecule has 1 aromatic rings. The maximum absolute atomic E-state index is 12.1. The van der Waals surface area contributed by atoms with Crippen LogP contribution >= 0.6 is 0 Å². The number of benzene rings is 1. The first-order valence-electron chi connectivity index (χ1n) is 7.28. The van der Waals surface area contributed by atoms with Crippen molar-refractivity contribution in [1.82, 2.24) is 10.2 Å². The molecular weight excluding hydrogens is 252 g/mol. The van der Waals surface area contributed by atoms with E-state index in [-0.39, 0.29) is 18.1 Å². The molecule has 1 saturated carbocycles. The van der Waals surface area contributed by atoms with Crippen molar-refractivity contribution in [2.24, 2.45) is 5.92 Å². The van der Waals surface area contributed by atoms with E-state index in [2.05, 4.69) is 5.32 Å². The van der Waals surface area contributed by atoms with Gasteiger partial charge in [-0.2, -0.15) is 0 Å². The van der Waals surface area contributed by atoms with Gasteiger partial charge in [0.15, 0.2) is 0 Å². The van der Waals surface area contributed by atoms with Crippen LogP contribution in [0.3, 0.4) is 0 Å². The summed E-state index contributed by atoms with van der Waals surface area (Å²) in [6, 6.07) is 9.64. The highest BCUT2D eigenvalue weighted by atomic mass is 16.3. The number of aliphatic hydroxyl groups excluding tert-OH is 1. The molecule has 1 aromatic carbocycles. The predicted octanol–water partition coefficient (Wildman–Crippen LogP) is 1.39. The molecule has 4 nitrogen and oxygen atoms in total. The van der Waals surface area contributed by atoms with Crippen molar-refractivity contribution >= 4 is 5.91 Å². The molecule has 1 aliphatic carbocycles. The van der Waals surface area contributed by atoms with E-state index >= 15 is 0 Å². The van der Waals surface area contributed by atoms with E-state index in [9.17, 15) is 9.90 Å². The highest BCUT2D eigenvalue weighted by Gasteiger charge is 2.31. The summed E-state index contributed by atoms with van der Waals surface area (Å²) in [5.74, 6) is 0.441. The van der Waals surface area contributed by atoms with E-state index < -0.39 is 0 Å². The SMILES string of the molecule is CC(C(=O)NCc1ccccc1)N(C)CC(O)C1CC1. The van der Waals surface area contributed by atoms with Gasteiger partial charge in [-0.25, -0.2) is 0 Å². The van der Waals surface area contributed by atoms with E-state index in [1.54, 1.807) is 0 Å².